The number of benzene rings is 2. The van der Waals surface area contributed by atoms with Crippen LogP contribution in [-0.2, 0) is 13.2 Å². The molecule has 242 valence electrons. The lowest BCUT2D eigenvalue weighted by Gasteiger charge is -2.22. The van der Waals surface area contributed by atoms with Crippen molar-refractivity contribution in [2.45, 2.75) is 38.3 Å². The molecule has 2 N–H and O–H groups in total. The zero-order chi connectivity index (χ0) is 33.1. The van der Waals surface area contributed by atoms with E-state index < -0.39 is 17.6 Å². The second-order valence-corrected chi connectivity index (χ2v) is 12.0. The molecule has 1 saturated heterocycles. The monoisotopic (exact) mass is 640 g/mol. The van der Waals surface area contributed by atoms with Crippen LogP contribution in [0.5, 0.6) is 0 Å². The molecule has 2 aromatic carbocycles. The van der Waals surface area contributed by atoms with Gasteiger partial charge in [0.15, 0.2) is 0 Å². The molecule has 6 rings (SSSR count). The highest BCUT2D eigenvalue weighted by Crippen LogP contribution is 2.38. The van der Waals surface area contributed by atoms with Crippen molar-refractivity contribution in [3.8, 4) is 22.5 Å². The number of carbonyl (C=O) groups is 1. The number of aromatic nitrogens is 5. The van der Waals surface area contributed by atoms with Crippen molar-refractivity contribution < 1.29 is 18.0 Å². The van der Waals surface area contributed by atoms with Gasteiger partial charge in [-0.2, -0.15) is 18.3 Å². The van der Waals surface area contributed by atoms with Crippen LogP contribution in [0.15, 0.2) is 79.4 Å². The summed E-state index contributed by atoms with van der Waals surface area (Å²) in [6, 6.07) is 14.7. The van der Waals surface area contributed by atoms with E-state index in [4.69, 9.17) is 0 Å². The van der Waals surface area contributed by atoms with Gasteiger partial charge >= 0.3 is 6.18 Å². The standard InChI is InChI=1S/C35H35F3N8O/c1-22-7-8-24(33(47)41-31-10-9-23(17-28(31)35(36,37)38)25-6-4-5-14-45(2)21-25)18-32(22)43-34-40-13-11-29(42-34)26-16-27(20-39-19-26)30-12-15-46(3)44-30/h7-13,15-20,25H,4-6,14,21H2,1-3H3,(H,41,47)(H,40,42,43). The average Bonchev–Trinajstić information content (AvgIpc) is 3.37. The number of hydrogen-bond acceptors (Lipinski definition) is 7. The first kappa shape index (κ1) is 31.9. The van der Waals surface area contributed by atoms with Crippen LogP contribution in [-0.4, -0.2) is 55.7 Å². The van der Waals surface area contributed by atoms with Crippen LogP contribution >= 0.6 is 0 Å². The van der Waals surface area contributed by atoms with Crippen molar-refractivity contribution in [3.05, 3.63) is 102 Å². The summed E-state index contributed by atoms with van der Waals surface area (Å²) in [6.07, 6.45) is 5.08. The second-order valence-electron chi connectivity index (χ2n) is 12.0. The van der Waals surface area contributed by atoms with Crippen LogP contribution in [0.25, 0.3) is 22.5 Å². The first-order valence-electron chi connectivity index (χ1n) is 15.4. The van der Waals surface area contributed by atoms with Crippen molar-refractivity contribution in [1.29, 1.82) is 0 Å². The molecule has 3 aromatic heterocycles. The number of carbonyl (C=O) groups excluding carboxylic acids is 1. The van der Waals surface area contributed by atoms with E-state index in [2.05, 4.69) is 35.6 Å². The molecule has 47 heavy (non-hydrogen) atoms. The topological polar surface area (TPSA) is 101 Å². The molecule has 1 aliphatic rings. The predicted octanol–water partition coefficient (Wildman–Crippen LogP) is 7.46. The van der Waals surface area contributed by atoms with Crippen molar-refractivity contribution in [3.63, 3.8) is 0 Å². The fraction of sp³-hybridized carbons (Fsp3) is 0.286. The summed E-state index contributed by atoms with van der Waals surface area (Å²) in [7, 11) is 3.84. The third-order valence-electron chi connectivity index (χ3n) is 8.39. The number of hydrogen-bond donors (Lipinski definition) is 2. The summed E-state index contributed by atoms with van der Waals surface area (Å²) in [4.78, 5) is 28.8. The van der Waals surface area contributed by atoms with Gasteiger partial charge in [0, 0.05) is 60.8 Å². The SMILES string of the molecule is Cc1ccc(C(=O)Nc2ccc(C3CCCCN(C)C3)cc2C(F)(F)F)cc1Nc1nccc(-c2cncc(-c3ccn(C)n3)c2)n1. The van der Waals surface area contributed by atoms with Gasteiger partial charge in [0.25, 0.3) is 5.91 Å². The second kappa shape index (κ2) is 13.3. The first-order chi connectivity index (χ1) is 22.5. The van der Waals surface area contributed by atoms with Crippen molar-refractivity contribution in [2.24, 2.45) is 7.05 Å². The molecule has 4 heterocycles. The maximum Gasteiger partial charge on any atom is 0.418 e. The van der Waals surface area contributed by atoms with Crippen molar-refractivity contribution >= 4 is 23.2 Å². The van der Waals surface area contributed by atoms with Crippen LogP contribution in [0.4, 0.5) is 30.5 Å². The molecule has 0 bridgehead atoms. The summed E-state index contributed by atoms with van der Waals surface area (Å²) < 4.78 is 44.4. The lowest BCUT2D eigenvalue weighted by molar-refractivity contribution is -0.137. The molecule has 0 spiro atoms. The summed E-state index contributed by atoms with van der Waals surface area (Å²) in [5.41, 5.74) is 4.03. The highest BCUT2D eigenvalue weighted by molar-refractivity contribution is 6.05. The van der Waals surface area contributed by atoms with Gasteiger partial charge in [0.2, 0.25) is 5.95 Å². The van der Waals surface area contributed by atoms with Gasteiger partial charge < -0.3 is 15.5 Å². The number of likely N-dealkylation sites (tertiary alicyclic amines) is 1. The summed E-state index contributed by atoms with van der Waals surface area (Å²) >= 11 is 0. The van der Waals surface area contributed by atoms with Gasteiger partial charge in [-0.1, -0.05) is 18.6 Å². The maximum absolute atomic E-state index is 14.2. The number of pyridine rings is 1. The molecule has 9 nitrogen and oxygen atoms in total. The molecule has 1 atom stereocenters. The Kier molecular flexibility index (Phi) is 9.04. The van der Waals surface area contributed by atoms with Crippen molar-refractivity contribution in [2.75, 3.05) is 30.8 Å². The van der Waals surface area contributed by atoms with E-state index in [0.717, 1.165) is 48.2 Å². The largest absolute Gasteiger partial charge is 0.418 e. The molecule has 0 saturated carbocycles. The molecule has 1 fully saturated rings. The van der Waals surface area contributed by atoms with Crippen LogP contribution in [0.3, 0.4) is 0 Å². The lowest BCUT2D eigenvalue weighted by Crippen LogP contribution is -2.23. The maximum atomic E-state index is 14.2. The molecule has 1 amide bonds. The van der Waals surface area contributed by atoms with Gasteiger partial charge in [-0.05, 0) is 92.9 Å². The van der Waals surface area contributed by atoms with E-state index in [-0.39, 0.29) is 23.1 Å². The van der Waals surface area contributed by atoms with E-state index >= 15 is 0 Å². The Bertz CT molecular complexity index is 1900. The number of nitrogens with zero attached hydrogens (tertiary/aromatic N) is 6. The molecule has 0 radical (unpaired) electrons. The van der Waals surface area contributed by atoms with Crippen LogP contribution < -0.4 is 10.6 Å². The zero-order valence-electron chi connectivity index (χ0n) is 26.3. The minimum absolute atomic E-state index is 0.000814. The fourth-order valence-corrected chi connectivity index (χ4v) is 5.84. The molecular weight excluding hydrogens is 605 g/mol. The number of rotatable bonds is 7. The quantitative estimate of drug-likeness (QED) is 0.190. The van der Waals surface area contributed by atoms with Gasteiger partial charge in [0.1, 0.15) is 0 Å². The van der Waals surface area contributed by atoms with Gasteiger partial charge in [0.05, 0.1) is 22.6 Å². The number of nitrogens with one attached hydrogen (secondary N) is 2. The smallest absolute Gasteiger partial charge is 0.324 e. The Morgan fingerprint density at radius 2 is 1.74 bits per heavy atom. The Labute approximate surface area is 270 Å². The molecular formula is C35H35F3N8O. The van der Waals surface area contributed by atoms with Gasteiger partial charge in [-0.3, -0.25) is 14.5 Å². The van der Waals surface area contributed by atoms with Gasteiger partial charge in [-0.15, -0.1) is 0 Å². The van der Waals surface area contributed by atoms with E-state index in [1.54, 1.807) is 53.6 Å². The molecule has 1 unspecified atom stereocenters. The van der Waals surface area contributed by atoms with E-state index in [9.17, 15) is 18.0 Å². The van der Waals surface area contributed by atoms with Crippen molar-refractivity contribution in [1.82, 2.24) is 29.6 Å². The number of likely N-dealkylation sites (N-methyl/N-ethyl adjacent to an activating group) is 1. The number of aryl methyl sites for hydroxylation is 2. The average molecular weight is 641 g/mol. The van der Waals surface area contributed by atoms with E-state index in [1.807, 2.05) is 39.3 Å². The van der Waals surface area contributed by atoms with E-state index in [0.29, 0.717) is 23.5 Å². The molecule has 5 aromatic rings. The highest BCUT2D eigenvalue weighted by Gasteiger charge is 2.35. The Hall–Kier alpha value is -5.10. The fourth-order valence-electron chi connectivity index (χ4n) is 5.84. The van der Waals surface area contributed by atoms with Crippen LogP contribution in [0.1, 0.15) is 52.2 Å². The number of amides is 1. The summed E-state index contributed by atoms with van der Waals surface area (Å²) in [6.45, 7) is 3.47. The minimum atomic E-state index is -4.63. The Balaban J connectivity index is 1.21. The van der Waals surface area contributed by atoms with Crippen LogP contribution in [0, 0.1) is 6.92 Å². The minimum Gasteiger partial charge on any atom is -0.324 e. The predicted molar refractivity (Wildman–Crippen MR) is 175 cm³/mol. The lowest BCUT2D eigenvalue weighted by atomic mass is 9.92. The Morgan fingerprint density at radius 1 is 0.936 bits per heavy atom. The van der Waals surface area contributed by atoms with Crippen LogP contribution in [0.2, 0.25) is 0 Å². The highest BCUT2D eigenvalue weighted by atomic mass is 19.4. The van der Waals surface area contributed by atoms with E-state index in [1.165, 1.54) is 12.1 Å². The molecule has 12 heteroatoms. The molecule has 1 aliphatic heterocycles. The molecule has 0 aliphatic carbocycles. The number of alkyl halides is 3. The first-order valence-corrected chi connectivity index (χ1v) is 15.4. The normalized spacial score (nSPS) is 15.7. The third-order valence-corrected chi connectivity index (χ3v) is 8.39. The van der Waals surface area contributed by atoms with Gasteiger partial charge in [-0.25, -0.2) is 9.97 Å². The number of anilines is 3. The summed E-state index contributed by atoms with van der Waals surface area (Å²) in [5.74, 6) is -0.376. The summed E-state index contributed by atoms with van der Waals surface area (Å²) in [5, 5.41) is 10.1. The zero-order valence-corrected chi connectivity index (χ0v) is 26.3. The Morgan fingerprint density at radius 3 is 2.51 bits per heavy atom. The third kappa shape index (κ3) is 7.49. The number of halogens is 3.